The standard InChI is InChI=1S/C17H23N3O4/c1-17(2,3)24-16(22)19-14(15(21)20(5)23-6)11-12-7-9-13(18-4)10-8-12/h7-10,14H,11H2,1-3,5-6H3,(H,19,22)/t14-/m0/s1. The van der Waals surface area contributed by atoms with Crippen molar-refractivity contribution < 1.29 is 19.2 Å². The summed E-state index contributed by atoms with van der Waals surface area (Å²) < 4.78 is 5.20. The van der Waals surface area contributed by atoms with E-state index in [1.807, 2.05) is 0 Å². The Kier molecular flexibility index (Phi) is 6.74. The monoisotopic (exact) mass is 333 g/mol. The number of rotatable bonds is 5. The number of hydrogen-bond donors (Lipinski definition) is 1. The van der Waals surface area contributed by atoms with Crippen molar-refractivity contribution in [3.05, 3.63) is 41.2 Å². The summed E-state index contributed by atoms with van der Waals surface area (Å²) >= 11 is 0. The Labute approximate surface area is 142 Å². The average Bonchev–Trinajstić information content (AvgIpc) is 2.51. The number of hydroxylamine groups is 2. The highest BCUT2D eigenvalue weighted by atomic mass is 16.7. The van der Waals surface area contributed by atoms with E-state index < -0.39 is 23.6 Å². The largest absolute Gasteiger partial charge is 0.444 e. The van der Waals surface area contributed by atoms with Crippen molar-refractivity contribution in [2.24, 2.45) is 0 Å². The van der Waals surface area contributed by atoms with Crippen LogP contribution in [0.25, 0.3) is 4.85 Å². The zero-order valence-electron chi connectivity index (χ0n) is 14.6. The van der Waals surface area contributed by atoms with Crippen molar-refractivity contribution in [3.8, 4) is 0 Å². The Bertz CT molecular complexity index is 614. The molecule has 0 spiro atoms. The van der Waals surface area contributed by atoms with Crippen molar-refractivity contribution in [3.63, 3.8) is 0 Å². The Morgan fingerprint density at radius 2 is 1.88 bits per heavy atom. The second-order valence-corrected chi connectivity index (χ2v) is 6.20. The molecule has 0 unspecified atom stereocenters. The quantitative estimate of drug-likeness (QED) is 0.664. The molecule has 0 saturated heterocycles. The van der Waals surface area contributed by atoms with Gasteiger partial charge < -0.3 is 10.1 Å². The number of amides is 2. The Hall–Kier alpha value is -2.59. The number of carbonyl (C=O) groups excluding carboxylic acids is 2. The summed E-state index contributed by atoms with van der Waals surface area (Å²) in [5, 5.41) is 3.62. The van der Waals surface area contributed by atoms with Crippen LogP contribution in [-0.2, 0) is 20.8 Å². The lowest BCUT2D eigenvalue weighted by Crippen LogP contribution is -2.49. The van der Waals surface area contributed by atoms with Crippen molar-refractivity contribution in [2.45, 2.75) is 38.8 Å². The lowest BCUT2D eigenvalue weighted by atomic mass is 10.0. The molecule has 0 aliphatic heterocycles. The van der Waals surface area contributed by atoms with Gasteiger partial charge in [-0.25, -0.2) is 14.7 Å². The molecule has 1 aromatic carbocycles. The highest BCUT2D eigenvalue weighted by Crippen LogP contribution is 2.15. The third-order valence-electron chi connectivity index (χ3n) is 3.08. The van der Waals surface area contributed by atoms with E-state index in [1.165, 1.54) is 14.2 Å². The smallest absolute Gasteiger partial charge is 0.408 e. The van der Waals surface area contributed by atoms with Gasteiger partial charge in [-0.15, -0.1) is 0 Å². The molecule has 1 N–H and O–H groups in total. The molecule has 7 nitrogen and oxygen atoms in total. The molecule has 0 heterocycles. The van der Waals surface area contributed by atoms with E-state index in [-0.39, 0.29) is 6.42 Å². The predicted molar refractivity (Wildman–Crippen MR) is 89.3 cm³/mol. The van der Waals surface area contributed by atoms with Gasteiger partial charge in [-0.3, -0.25) is 9.63 Å². The number of hydrogen-bond acceptors (Lipinski definition) is 4. The first-order chi connectivity index (χ1) is 11.2. The van der Waals surface area contributed by atoms with Gasteiger partial charge in [-0.2, -0.15) is 0 Å². The molecular formula is C17H23N3O4. The van der Waals surface area contributed by atoms with Crippen LogP contribution in [0.4, 0.5) is 10.5 Å². The van der Waals surface area contributed by atoms with Gasteiger partial charge in [-0.05, 0) is 26.3 Å². The summed E-state index contributed by atoms with van der Waals surface area (Å²) in [5.41, 5.74) is 0.652. The van der Waals surface area contributed by atoms with E-state index in [4.69, 9.17) is 16.1 Å². The molecule has 0 saturated carbocycles. The van der Waals surface area contributed by atoms with E-state index >= 15 is 0 Å². The normalized spacial score (nSPS) is 12.0. The molecule has 0 bridgehead atoms. The highest BCUT2D eigenvalue weighted by molar-refractivity contribution is 5.85. The minimum atomic E-state index is -0.844. The second-order valence-electron chi connectivity index (χ2n) is 6.20. The molecule has 1 aromatic rings. The summed E-state index contributed by atoms with van der Waals surface area (Å²) in [6.07, 6.45) is -0.424. The topological polar surface area (TPSA) is 72.2 Å². The zero-order chi connectivity index (χ0) is 18.3. The van der Waals surface area contributed by atoms with Gasteiger partial charge in [-0.1, -0.05) is 24.3 Å². The lowest BCUT2D eigenvalue weighted by molar-refractivity contribution is -0.171. The number of benzene rings is 1. The fraction of sp³-hybridized carbons (Fsp3) is 0.471. The minimum absolute atomic E-state index is 0.254. The second kappa shape index (κ2) is 8.31. The number of carbonyl (C=O) groups is 2. The molecule has 0 aliphatic carbocycles. The molecule has 0 aliphatic rings. The van der Waals surface area contributed by atoms with Crippen LogP contribution in [-0.4, -0.2) is 42.9 Å². The first kappa shape index (κ1) is 19.5. The van der Waals surface area contributed by atoms with E-state index in [1.54, 1.807) is 45.0 Å². The number of nitrogens with one attached hydrogen (secondary N) is 1. The van der Waals surface area contributed by atoms with Crippen LogP contribution in [0, 0.1) is 6.57 Å². The van der Waals surface area contributed by atoms with Crippen molar-refractivity contribution >= 4 is 17.7 Å². The molecule has 0 fully saturated rings. The number of nitrogens with zero attached hydrogens (tertiary/aromatic N) is 2. The fourth-order valence-electron chi connectivity index (χ4n) is 1.90. The molecule has 24 heavy (non-hydrogen) atoms. The van der Waals surface area contributed by atoms with E-state index in [9.17, 15) is 9.59 Å². The first-order valence-corrected chi connectivity index (χ1v) is 7.44. The number of ether oxygens (including phenoxy) is 1. The van der Waals surface area contributed by atoms with Crippen LogP contribution in [0.2, 0.25) is 0 Å². The lowest BCUT2D eigenvalue weighted by Gasteiger charge is -2.25. The third kappa shape index (κ3) is 6.26. The molecule has 0 aromatic heterocycles. The maximum absolute atomic E-state index is 12.4. The Morgan fingerprint density at radius 1 is 1.29 bits per heavy atom. The van der Waals surface area contributed by atoms with E-state index in [0.29, 0.717) is 5.69 Å². The van der Waals surface area contributed by atoms with E-state index in [2.05, 4.69) is 10.2 Å². The highest BCUT2D eigenvalue weighted by Gasteiger charge is 2.27. The number of alkyl carbamates (subject to hydrolysis) is 1. The maximum atomic E-state index is 12.4. The zero-order valence-corrected chi connectivity index (χ0v) is 14.6. The Balaban J connectivity index is 2.90. The van der Waals surface area contributed by atoms with Gasteiger partial charge in [0.05, 0.1) is 13.7 Å². The van der Waals surface area contributed by atoms with Gasteiger partial charge in [0, 0.05) is 13.5 Å². The maximum Gasteiger partial charge on any atom is 0.408 e. The molecule has 1 atom stereocenters. The summed E-state index contributed by atoms with van der Waals surface area (Å²) in [6, 6.07) is 5.98. The third-order valence-corrected chi connectivity index (χ3v) is 3.08. The average molecular weight is 333 g/mol. The van der Waals surface area contributed by atoms with Crippen molar-refractivity contribution in [1.82, 2.24) is 10.4 Å². The molecule has 2 amide bonds. The van der Waals surface area contributed by atoms with Crippen LogP contribution in [0.5, 0.6) is 0 Å². The predicted octanol–water partition coefficient (Wildman–Crippen LogP) is 2.69. The molecule has 1 rings (SSSR count). The Morgan fingerprint density at radius 3 is 2.33 bits per heavy atom. The van der Waals surface area contributed by atoms with Gasteiger partial charge in [0.2, 0.25) is 0 Å². The van der Waals surface area contributed by atoms with E-state index in [0.717, 1.165) is 10.6 Å². The summed E-state index contributed by atoms with van der Waals surface area (Å²) in [7, 11) is 2.83. The minimum Gasteiger partial charge on any atom is -0.444 e. The van der Waals surface area contributed by atoms with Gasteiger partial charge >= 0.3 is 6.09 Å². The molecule has 130 valence electrons. The summed E-state index contributed by atoms with van der Waals surface area (Å²) in [4.78, 5) is 32.6. The van der Waals surface area contributed by atoms with Crippen LogP contribution < -0.4 is 5.32 Å². The van der Waals surface area contributed by atoms with Crippen LogP contribution in [0.15, 0.2) is 24.3 Å². The van der Waals surface area contributed by atoms with Crippen molar-refractivity contribution in [2.75, 3.05) is 14.2 Å². The number of likely N-dealkylation sites (N-methyl/N-ethyl adjacent to an activating group) is 1. The SMILES string of the molecule is [C-]#[N+]c1ccc(C[C@H](NC(=O)OC(C)(C)C)C(=O)N(C)OC)cc1. The molecular weight excluding hydrogens is 310 g/mol. The van der Waals surface area contributed by atoms with Crippen LogP contribution in [0.1, 0.15) is 26.3 Å². The van der Waals surface area contributed by atoms with Gasteiger partial charge in [0.25, 0.3) is 5.91 Å². The van der Waals surface area contributed by atoms with Gasteiger partial charge in [0.15, 0.2) is 5.69 Å². The fourth-order valence-corrected chi connectivity index (χ4v) is 1.90. The van der Waals surface area contributed by atoms with Crippen LogP contribution in [0.3, 0.4) is 0 Å². The molecule has 0 radical (unpaired) electrons. The van der Waals surface area contributed by atoms with Crippen molar-refractivity contribution in [1.29, 1.82) is 0 Å². The summed E-state index contributed by atoms with van der Waals surface area (Å²) in [5.74, 6) is -0.405. The first-order valence-electron chi connectivity index (χ1n) is 7.44. The molecule has 7 heteroatoms. The van der Waals surface area contributed by atoms with Crippen LogP contribution >= 0.6 is 0 Å². The summed E-state index contributed by atoms with van der Waals surface area (Å²) in [6.45, 7) is 12.2. The van der Waals surface area contributed by atoms with Gasteiger partial charge in [0.1, 0.15) is 11.6 Å².